The molecule has 0 aromatic heterocycles. The summed E-state index contributed by atoms with van der Waals surface area (Å²) in [7, 11) is -3.25. The van der Waals surface area contributed by atoms with Crippen molar-refractivity contribution in [3.63, 3.8) is 0 Å². The molecule has 0 heterocycles. The number of nitrogens with one attached hydrogen (secondary N) is 2. The van der Waals surface area contributed by atoms with Crippen LogP contribution < -0.4 is 10.0 Å². The molecule has 0 aromatic carbocycles. The van der Waals surface area contributed by atoms with Crippen molar-refractivity contribution in [1.29, 1.82) is 0 Å². The van der Waals surface area contributed by atoms with Crippen LogP contribution in [0.25, 0.3) is 0 Å². The third-order valence-corrected chi connectivity index (χ3v) is 4.95. The first-order valence-electron chi connectivity index (χ1n) is 7.04. The maximum Gasteiger partial charge on any atom is 0.213 e. The van der Waals surface area contributed by atoms with Gasteiger partial charge in [-0.1, -0.05) is 20.3 Å². The average Bonchev–Trinajstić information content (AvgIpc) is 2.27. The number of carbonyl (C=O) groups is 1. The average molecular weight is 290 g/mol. The van der Waals surface area contributed by atoms with E-state index in [0.29, 0.717) is 13.0 Å². The van der Waals surface area contributed by atoms with Gasteiger partial charge in [0.15, 0.2) is 0 Å². The van der Waals surface area contributed by atoms with E-state index in [2.05, 4.69) is 10.0 Å². The molecular formula is C13H26N2O3S. The van der Waals surface area contributed by atoms with E-state index in [0.717, 1.165) is 19.3 Å². The highest BCUT2D eigenvalue weighted by Gasteiger charge is 2.27. The molecule has 0 spiro atoms. The van der Waals surface area contributed by atoms with Gasteiger partial charge >= 0.3 is 0 Å². The predicted molar refractivity (Wildman–Crippen MR) is 76.5 cm³/mol. The summed E-state index contributed by atoms with van der Waals surface area (Å²) < 4.78 is 26.6. The quantitative estimate of drug-likeness (QED) is 0.735. The SMILES string of the molecule is CC(=O)C1CCCC(NS(=O)(=O)CCNC(C)C)C1. The summed E-state index contributed by atoms with van der Waals surface area (Å²) >= 11 is 0. The van der Waals surface area contributed by atoms with Crippen molar-refractivity contribution < 1.29 is 13.2 Å². The van der Waals surface area contributed by atoms with Gasteiger partial charge in [0.2, 0.25) is 10.0 Å². The standard InChI is InChI=1S/C13H26N2O3S/c1-10(2)14-7-8-19(17,18)15-13-6-4-5-12(9-13)11(3)16/h10,12-15H,4-9H2,1-3H3. The lowest BCUT2D eigenvalue weighted by Gasteiger charge is -2.28. The van der Waals surface area contributed by atoms with Crippen LogP contribution in [0.2, 0.25) is 0 Å². The van der Waals surface area contributed by atoms with E-state index < -0.39 is 10.0 Å². The van der Waals surface area contributed by atoms with Crippen LogP contribution in [0.5, 0.6) is 0 Å². The Morgan fingerprint density at radius 3 is 2.58 bits per heavy atom. The van der Waals surface area contributed by atoms with Crippen LogP contribution in [0.1, 0.15) is 46.5 Å². The topological polar surface area (TPSA) is 75.3 Å². The van der Waals surface area contributed by atoms with Crippen LogP contribution in [0.3, 0.4) is 0 Å². The molecular weight excluding hydrogens is 264 g/mol. The molecule has 0 aromatic rings. The molecule has 2 unspecified atom stereocenters. The molecule has 1 saturated carbocycles. The van der Waals surface area contributed by atoms with Gasteiger partial charge in [0.1, 0.15) is 5.78 Å². The third kappa shape index (κ3) is 6.49. The van der Waals surface area contributed by atoms with E-state index in [-0.39, 0.29) is 29.5 Å². The highest BCUT2D eigenvalue weighted by molar-refractivity contribution is 7.89. The molecule has 0 aliphatic heterocycles. The number of hydrogen-bond donors (Lipinski definition) is 2. The number of carbonyl (C=O) groups excluding carboxylic acids is 1. The van der Waals surface area contributed by atoms with E-state index in [1.807, 2.05) is 13.8 Å². The summed E-state index contributed by atoms with van der Waals surface area (Å²) in [5.74, 6) is 0.285. The lowest BCUT2D eigenvalue weighted by molar-refractivity contribution is -0.121. The van der Waals surface area contributed by atoms with Crippen molar-refractivity contribution in [2.75, 3.05) is 12.3 Å². The minimum atomic E-state index is -3.25. The fourth-order valence-corrected chi connectivity index (χ4v) is 3.69. The second kappa shape index (κ2) is 7.36. The van der Waals surface area contributed by atoms with Crippen molar-refractivity contribution in [1.82, 2.24) is 10.0 Å². The molecule has 1 aliphatic rings. The Balaban J connectivity index is 2.42. The van der Waals surface area contributed by atoms with Crippen LogP contribution in [-0.4, -0.2) is 38.6 Å². The summed E-state index contributed by atoms with van der Waals surface area (Å²) in [6.45, 7) is 6.02. The van der Waals surface area contributed by atoms with Gasteiger partial charge in [0, 0.05) is 24.5 Å². The molecule has 0 bridgehead atoms. The molecule has 1 aliphatic carbocycles. The molecule has 2 N–H and O–H groups in total. The van der Waals surface area contributed by atoms with Crippen LogP contribution in [-0.2, 0) is 14.8 Å². The normalized spacial score (nSPS) is 24.6. The van der Waals surface area contributed by atoms with E-state index in [9.17, 15) is 13.2 Å². The van der Waals surface area contributed by atoms with Crippen LogP contribution >= 0.6 is 0 Å². The largest absolute Gasteiger partial charge is 0.313 e. The first-order chi connectivity index (χ1) is 8.80. The van der Waals surface area contributed by atoms with Crippen molar-refractivity contribution in [2.24, 2.45) is 5.92 Å². The lowest BCUT2D eigenvalue weighted by atomic mass is 9.84. The minimum absolute atomic E-state index is 0.0234. The summed E-state index contributed by atoms with van der Waals surface area (Å²) in [5, 5.41) is 3.09. The van der Waals surface area contributed by atoms with Crippen molar-refractivity contribution in [3.05, 3.63) is 0 Å². The first kappa shape index (κ1) is 16.6. The monoisotopic (exact) mass is 290 g/mol. The Labute approximate surface area is 116 Å². The molecule has 6 heteroatoms. The Kier molecular flexibility index (Phi) is 6.42. The highest BCUT2D eigenvalue weighted by Crippen LogP contribution is 2.25. The zero-order chi connectivity index (χ0) is 14.5. The fraction of sp³-hybridized carbons (Fsp3) is 0.923. The fourth-order valence-electron chi connectivity index (χ4n) is 2.46. The van der Waals surface area contributed by atoms with Gasteiger partial charge in [-0.15, -0.1) is 0 Å². The molecule has 5 nitrogen and oxygen atoms in total. The Morgan fingerprint density at radius 2 is 2.00 bits per heavy atom. The van der Waals surface area contributed by atoms with Crippen molar-refractivity contribution in [2.45, 2.75) is 58.5 Å². The van der Waals surface area contributed by atoms with Crippen LogP contribution in [0.15, 0.2) is 0 Å². The van der Waals surface area contributed by atoms with Crippen molar-refractivity contribution >= 4 is 15.8 Å². The molecule has 1 rings (SSSR count). The molecule has 0 amide bonds. The smallest absolute Gasteiger partial charge is 0.213 e. The van der Waals surface area contributed by atoms with Crippen LogP contribution in [0.4, 0.5) is 0 Å². The predicted octanol–water partition coefficient (Wildman–Crippen LogP) is 1.05. The number of Topliss-reactive ketones (excluding diaryl/α,β-unsaturated/α-hetero) is 1. The van der Waals surface area contributed by atoms with Gasteiger partial charge < -0.3 is 5.32 Å². The second-order valence-electron chi connectivity index (χ2n) is 5.72. The van der Waals surface area contributed by atoms with E-state index in [4.69, 9.17) is 0 Å². The molecule has 0 radical (unpaired) electrons. The zero-order valence-corrected chi connectivity index (χ0v) is 12.9. The minimum Gasteiger partial charge on any atom is -0.313 e. The van der Waals surface area contributed by atoms with Gasteiger partial charge in [-0.2, -0.15) is 0 Å². The van der Waals surface area contributed by atoms with Gasteiger partial charge in [-0.25, -0.2) is 13.1 Å². The summed E-state index contributed by atoms with van der Waals surface area (Å²) in [5.41, 5.74) is 0. The Morgan fingerprint density at radius 1 is 1.32 bits per heavy atom. The molecule has 1 fully saturated rings. The number of sulfonamides is 1. The summed E-state index contributed by atoms with van der Waals surface area (Å²) in [6, 6.07) is 0.207. The molecule has 19 heavy (non-hydrogen) atoms. The second-order valence-corrected chi connectivity index (χ2v) is 7.59. The first-order valence-corrected chi connectivity index (χ1v) is 8.69. The number of ketones is 1. The summed E-state index contributed by atoms with van der Waals surface area (Å²) in [4.78, 5) is 11.4. The lowest BCUT2D eigenvalue weighted by Crippen LogP contribution is -2.42. The van der Waals surface area contributed by atoms with E-state index in [1.165, 1.54) is 0 Å². The maximum atomic E-state index is 11.9. The number of rotatable bonds is 7. The zero-order valence-electron chi connectivity index (χ0n) is 12.1. The summed E-state index contributed by atoms with van der Waals surface area (Å²) in [6.07, 6.45) is 3.29. The maximum absolute atomic E-state index is 11.9. The van der Waals surface area contributed by atoms with Gasteiger partial charge in [0.05, 0.1) is 5.75 Å². The van der Waals surface area contributed by atoms with Gasteiger partial charge in [0.25, 0.3) is 0 Å². The van der Waals surface area contributed by atoms with Crippen molar-refractivity contribution in [3.8, 4) is 0 Å². The third-order valence-electron chi connectivity index (χ3n) is 3.52. The Bertz CT molecular complexity index is 393. The Hall–Kier alpha value is -0.460. The van der Waals surface area contributed by atoms with Gasteiger partial charge in [-0.3, -0.25) is 4.79 Å². The number of hydrogen-bond acceptors (Lipinski definition) is 4. The van der Waals surface area contributed by atoms with Crippen LogP contribution in [0, 0.1) is 5.92 Å². The van der Waals surface area contributed by atoms with E-state index >= 15 is 0 Å². The molecule has 112 valence electrons. The highest BCUT2D eigenvalue weighted by atomic mass is 32.2. The van der Waals surface area contributed by atoms with E-state index in [1.54, 1.807) is 6.92 Å². The van der Waals surface area contributed by atoms with Gasteiger partial charge in [-0.05, 0) is 26.2 Å². The molecule has 2 atom stereocenters. The molecule has 0 saturated heterocycles.